The molecule has 0 unspecified atom stereocenters. The highest BCUT2D eigenvalue weighted by molar-refractivity contribution is 7.13. The van der Waals surface area contributed by atoms with Crippen molar-refractivity contribution in [2.45, 2.75) is 19.3 Å². The first-order valence-electron chi connectivity index (χ1n) is 9.43. The molecule has 12 heteroatoms. The molecule has 1 aliphatic rings. The number of nitriles is 2. The summed E-state index contributed by atoms with van der Waals surface area (Å²) in [5.74, 6) is -0.135. The maximum absolute atomic E-state index is 10.5. The van der Waals surface area contributed by atoms with Crippen LogP contribution in [0.2, 0.25) is 0 Å². The van der Waals surface area contributed by atoms with Crippen LogP contribution in [0, 0.1) is 22.7 Å². The van der Waals surface area contributed by atoms with Crippen LogP contribution in [0.1, 0.15) is 30.7 Å². The van der Waals surface area contributed by atoms with Gasteiger partial charge in [-0.15, -0.1) is 31.8 Å². The maximum Gasteiger partial charge on any atom is 0.249 e. The molecule has 1 fully saturated rings. The first kappa shape index (κ1) is 20.1. The van der Waals surface area contributed by atoms with Gasteiger partial charge in [-0.25, -0.2) is 4.98 Å². The van der Waals surface area contributed by atoms with E-state index in [0.717, 1.165) is 38.0 Å². The summed E-state index contributed by atoms with van der Waals surface area (Å²) in [6.07, 6.45) is 4.93. The van der Waals surface area contributed by atoms with Gasteiger partial charge < -0.3 is 15.0 Å². The van der Waals surface area contributed by atoms with E-state index in [0.29, 0.717) is 10.8 Å². The van der Waals surface area contributed by atoms with Gasteiger partial charge in [0.2, 0.25) is 11.1 Å². The van der Waals surface area contributed by atoms with Crippen LogP contribution in [0.15, 0.2) is 44.2 Å². The lowest BCUT2D eigenvalue weighted by Crippen LogP contribution is -2.29. The van der Waals surface area contributed by atoms with Crippen molar-refractivity contribution in [3.8, 4) is 17.9 Å². The third-order valence-electron chi connectivity index (χ3n) is 4.59. The van der Waals surface area contributed by atoms with E-state index in [1.165, 1.54) is 17.4 Å². The van der Waals surface area contributed by atoms with E-state index in [-0.39, 0.29) is 28.8 Å². The molecule has 0 saturated carbocycles. The Balaban J connectivity index is 1.69. The lowest BCUT2D eigenvalue weighted by molar-refractivity contribution is 0.476. The van der Waals surface area contributed by atoms with Gasteiger partial charge >= 0.3 is 0 Å². The number of nitrogens with one attached hydrogen (secondary N) is 1. The first-order chi connectivity index (χ1) is 15.2. The number of azo groups is 2. The highest BCUT2D eigenvalue weighted by Crippen LogP contribution is 2.41. The second-order valence-corrected chi connectivity index (χ2v) is 7.47. The summed E-state index contributed by atoms with van der Waals surface area (Å²) >= 11 is 1.37. The van der Waals surface area contributed by atoms with Crippen molar-refractivity contribution in [1.82, 2.24) is 15.0 Å². The summed E-state index contributed by atoms with van der Waals surface area (Å²) < 4.78 is 0. The van der Waals surface area contributed by atoms with Crippen LogP contribution in [-0.2, 0) is 0 Å². The molecule has 0 radical (unpaired) electrons. The Morgan fingerprint density at radius 1 is 1.03 bits per heavy atom. The molecule has 11 nitrogen and oxygen atoms in total. The second kappa shape index (κ2) is 9.11. The van der Waals surface area contributed by atoms with Crippen molar-refractivity contribution in [1.29, 1.82) is 10.5 Å². The molecular formula is C19H16N10OS. The summed E-state index contributed by atoms with van der Waals surface area (Å²) in [6.45, 7) is 1.72. The van der Waals surface area contributed by atoms with Crippen molar-refractivity contribution in [3.63, 3.8) is 0 Å². The number of hydrogen-bond donors (Lipinski definition) is 2. The number of aromatic nitrogens is 3. The molecule has 31 heavy (non-hydrogen) atoms. The zero-order valence-corrected chi connectivity index (χ0v) is 17.0. The Hall–Kier alpha value is -4.16. The van der Waals surface area contributed by atoms with Crippen LogP contribution < -0.4 is 4.90 Å². The second-order valence-electron chi connectivity index (χ2n) is 6.60. The minimum absolute atomic E-state index is 0.000411. The molecule has 1 saturated heterocycles. The smallest absolute Gasteiger partial charge is 0.249 e. The largest absolute Gasteiger partial charge is 0.506 e. The number of benzene rings is 1. The fourth-order valence-electron chi connectivity index (χ4n) is 3.14. The number of phenols is 1. The van der Waals surface area contributed by atoms with Crippen molar-refractivity contribution in [2.75, 3.05) is 18.0 Å². The number of hydrogen-bond acceptors (Lipinski definition) is 11. The molecule has 154 valence electrons. The zero-order valence-electron chi connectivity index (χ0n) is 16.2. The highest BCUT2D eigenvalue weighted by Gasteiger charge is 2.18. The Morgan fingerprint density at radius 2 is 1.84 bits per heavy atom. The van der Waals surface area contributed by atoms with E-state index in [4.69, 9.17) is 10.5 Å². The van der Waals surface area contributed by atoms with Gasteiger partial charge in [0.1, 0.15) is 29.3 Å². The summed E-state index contributed by atoms with van der Waals surface area (Å²) in [4.78, 5) is 12.8. The minimum Gasteiger partial charge on any atom is -0.506 e. The average molecular weight is 432 g/mol. The van der Waals surface area contributed by atoms with Gasteiger partial charge in [0, 0.05) is 30.7 Å². The molecule has 0 spiro atoms. The minimum atomic E-state index is -0.134. The number of aromatic amines is 1. The number of nitrogens with zero attached hydrogens (tertiary/aromatic N) is 9. The normalized spacial score (nSPS) is 14.2. The van der Waals surface area contributed by atoms with Crippen molar-refractivity contribution in [3.05, 3.63) is 35.1 Å². The molecule has 4 rings (SSSR count). The average Bonchev–Trinajstić information content (AvgIpc) is 3.47. The standard InChI is InChI=1S/C19H16N10OS/c20-10-14-15(11-21)24-18(23-14)27-26-13-8-16(29-5-2-1-3-6-29)12(9-17(13)30)25-28-19-22-4-7-31-19/h4,7-9,30H,1-3,5-6H2,(H,23,24). The van der Waals surface area contributed by atoms with Crippen LogP contribution in [0.3, 0.4) is 0 Å². The number of thiazole rings is 1. The molecule has 0 amide bonds. The zero-order chi connectivity index (χ0) is 21.6. The van der Waals surface area contributed by atoms with Crippen molar-refractivity contribution >= 4 is 39.5 Å². The molecule has 2 N–H and O–H groups in total. The number of H-pyrrole nitrogens is 1. The van der Waals surface area contributed by atoms with E-state index < -0.39 is 0 Å². The monoisotopic (exact) mass is 432 g/mol. The van der Waals surface area contributed by atoms with Crippen LogP contribution >= 0.6 is 11.3 Å². The third kappa shape index (κ3) is 4.55. The quantitative estimate of drug-likeness (QED) is 0.530. The SMILES string of the molecule is N#Cc1nc(N=Nc2cc(N3CCCCC3)c(N=Nc3nccs3)cc2O)[nH]c1C#N. The summed E-state index contributed by atoms with van der Waals surface area (Å²) in [7, 11) is 0. The van der Waals surface area contributed by atoms with Crippen LogP contribution in [0.4, 0.5) is 28.1 Å². The fraction of sp³-hybridized carbons (Fsp3) is 0.263. The summed E-state index contributed by atoms with van der Waals surface area (Å²) in [5.41, 5.74) is 1.44. The summed E-state index contributed by atoms with van der Waals surface area (Å²) in [6, 6.07) is 6.83. The van der Waals surface area contributed by atoms with E-state index in [1.54, 1.807) is 12.3 Å². The number of phenolic OH excluding ortho intramolecular Hbond substituents is 1. The number of anilines is 1. The van der Waals surface area contributed by atoms with E-state index in [2.05, 4.69) is 40.3 Å². The van der Waals surface area contributed by atoms with Gasteiger partial charge in [0.15, 0.2) is 11.4 Å². The molecule has 0 bridgehead atoms. The van der Waals surface area contributed by atoms with E-state index >= 15 is 0 Å². The molecule has 3 aromatic rings. The molecule has 1 aromatic carbocycles. The number of imidazole rings is 1. The van der Waals surface area contributed by atoms with Gasteiger partial charge in [-0.3, -0.25) is 0 Å². The molecule has 0 atom stereocenters. The Bertz CT molecular complexity index is 1180. The lowest BCUT2D eigenvalue weighted by Gasteiger charge is -2.29. The Labute approximate surface area is 181 Å². The molecule has 1 aliphatic heterocycles. The van der Waals surface area contributed by atoms with Crippen molar-refractivity contribution in [2.24, 2.45) is 20.5 Å². The van der Waals surface area contributed by atoms with E-state index in [9.17, 15) is 5.11 Å². The molecule has 2 aromatic heterocycles. The van der Waals surface area contributed by atoms with Gasteiger partial charge in [0.05, 0.1) is 5.69 Å². The van der Waals surface area contributed by atoms with Crippen molar-refractivity contribution < 1.29 is 5.11 Å². The third-order valence-corrected chi connectivity index (χ3v) is 5.25. The first-order valence-corrected chi connectivity index (χ1v) is 10.3. The fourth-order valence-corrected chi connectivity index (χ4v) is 3.59. The van der Waals surface area contributed by atoms with Gasteiger partial charge in [0.25, 0.3) is 0 Å². The van der Waals surface area contributed by atoms with Crippen LogP contribution in [-0.4, -0.2) is 33.1 Å². The number of aromatic hydroxyl groups is 1. The van der Waals surface area contributed by atoms with Crippen LogP contribution in [0.5, 0.6) is 5.75 Å². The highest BCUT2D eigenvalue weighted by atomic mass is 32.1. The topological polar surface area (TPSA) is 162 Å². The molecule has 3 heterocycles. The Morgan fingerprint density at radius 3 is 2.52 bits per heavy atom. The predicted molar refractivity (Wildman–Crippen MR) is 113 cm³/mol. The number of piperidine rings is 1. The molecule has 0 aliphatic carbocycles. The van der Waals surface area contributed by atoms with E-state index in [1.807, 2.05) is 17.5 Å². The Kier molecular flexibility index (Phi) is 5.91. The molecular weight excluding hydrogens is 416 g/mol. The number of rotatable bonds is 5. The lowest BCUT2D eigenvalue weighted by atomic mass is 10.1. The predicted octanol–water partition coefficient (Wildman–Crippen LogP) is 5.14. The summed E-state index contributed by atoms with van der Waals surface area (Å²) in [5, 5.41) is 47.3. The van der Waals surface area contributed by atoms with Gasteiger partial charge in [-0.1, -0.05) is 0 Å². The van der Waals surface area contributed by atoms with Gasteiger partial charge in [-0.05, 0) is 25.3 Å². The van der Waals surface area contributed by atoms with Gasteiger partial charge in [-0.2, -0.15) is 15.5 Å². The maximum atomic E-state index is 10.5. The van der Waals surface area contributed by atoms with Crippen LogP contribution in [0.25, 0.3) is 0 Å².